The highest BCUT2D eigenvalue weighted by Crippen LogP contribution is 2.40. The third-order valence-corrected chi connectivity index (χ3v) is 4.92. The zero-order valence-corrected chi connectivity index (χ0v) is 15.7. The predicted octanol–water partition coefficient (Wildman–Crippen LogP) is 5.50. The number of phenolic OH excluding ortho intramolecular Hbond substituents is 2. The summed E-state index contributed by atoms with van der Waals surface area (Å²) < 4.78 is 0. The quantitative estimate of drug-likeness (QED) is 0.684. The van der Waals surface area contributed by atoms with Gasteiger partial charge in [0.25, 0.3) is 0 Å². The van der Waals surface area contributed by atoms with E-state index in [1.807, 2.05) is 38.1 Å². The van der Waals surface area contributed by atoms with Crippen LogP contribution in [0.25, 0.3) is 0 Å². The molecule has 0 aliphatic carbocycles. The number of hydrogen-bond donors (Lipinski definition) is 2. The fraction of sp³-hybridized carbons (Fsp3) is 0.304. The lowest BCUT2D eigenvalue weighted by Crippen LogP contribution is -2.23. The van der Waals surface area contributed by atoms with Crippen LogP contribution in [0.4, 0.5) is 0 Å². The van der Waals surface area contributed by atoms with Crippen molar-refractivity contribution < 1.29 is 10.2 Å². The molecule has 0 radical (unpaired) electrons. The van der Waals surface area contributed by atoms with E-state index in [1.54, 1.807) is 0 Å². The molecule has 0 atom stereocenters. The van der Waals surface area contributed by atoms with Crippen molar-refractivity contribution in [3.8, 4) is 11.5 Å². The van der Waals surface area contributed by atoms with E-state index in [0.29, 0.717) is 24.3 Å². The minimum atomic E-state index is -0.284. The average Bonchev–Trinajstić information content (AvgIpc) is 2.54. The molecule has 2 N–H and O–H groups in total. The van der Waals surface area contributed by atoms with Gasteiger partial charge in [0.05, 0.1) is 0 Å². The number of rotatable bonds is 6. The lowest BCUT2D eigenvalue weighted by atomic mass is 9.72. The van der Waals surface area contributed by atoms with Crippen LogP contribution in [0.15, 0.2) is 49.6 Å². The summed E-state index contributed by atoms with van der Waals surface area (Å²) >= 11 is 0. The molecule has 0 aliphatic rings. The molecular formula is C23H28O2. The zero-order chi connectivity index (χ0) is 18.8. The molecule has 0 unspecified atom stereocenters. The summed E-state index contributed by atoms with van der Waals surface area (Å²) in [6.45, 7) is 15.9. The molecule has 2 rings (SSSR count). The fourth-order valence-electron chi connectivity index (χ4n) is 3.44. The van der Waals surface area contributed by atoms with E-state index in [0.717, 1.165) is 33.4 Å². The van der Waals surface area contributed by atoms with Crippen LogP contribution in [0.1, 0.15) is 47.2 Å². The zero-order valence-electron chi connectivity index (χ0n) is 15.7. The molecule has 132 valence electrons. The van der Waals surface area contributed by atoms with Crippen LogP contribution >= 0.6 is 0 Å². The molecule has 0 aromatic heterocycles. The summed E-state index contributed by atoms with van der Waals surface area (Å²) in [5.74, 6) is 0.620. The van der Waals surface area contributed by atoms with Gasteiger partial charge in [-0.2, -0.15) is 0 Å². The second-order valence-electron chi connectivity index (χ2n) is 7.20. The van der Waals surface area contributed by atoms with Crippen molar-refractivity contribution in [3.63, 3.8) is 0 Å². The Morgan fingerprint density at radius 2 is 1.16 bits per heavy atom. The minimum Gasteiger partial charge on any atom is -0.508 e. The second kappa shape index (κ2) is 7.18. The van der Waals surface area contributed by atoms with Gasteiger partial charge in [-0.05, 0) is 72.2 Å². The van der Waals surface area contributed by atoms with Crippen LogP contribution in [0, 0.1) is 13.8 Å². The topological polar surface area (TPSA) is 40.5 Å². The predicted molar refractivity (Wildman–Crippen MR) is 106 cm³/mol. The molecule has 0 fully saturated rings. The monoisotopic (exact) mass is 336 g/mol. The van der Waals surface area contributed by atoms with E-state index in [-0.39, 0.29) is 5.41 Å². The number of aryl methyl sites for hydroxylation is 2. The Morgan fingerprint density at radius 1 is 0.800 bits per heavy atom. The van der Waals surface area contributed by atoms with E-state index in [2.05, 4.69) is 39.1 Å². The van der Waals surface area contributed by atoms with Gasteiger partial charge < -0.3 is 10.2 Å². The van der Waals surface area contributed by atoms with Crippen molar-refractivity contribution in [1.29, 1.82) is 0 Å². The van der Waals surface area contributed by atoms with Crippen LogP contribution in [-0.4, -0.2) is 10.2 Å². The maximum atomic E-state index is 10.1. The van der Waals surface area contributed by atoms with Gasteiger partial charge >= 0.3 is 0 Å². The molecule has 0 saturated heterocycles. The Balaban J connectivity index is 2.74. The summed E-state index contributed by atoms with van der Waals surface area (Å²) in [6.07, 6.45) is 5.10. The Labute approximate surface area is 151 Å². The average molecular weight is 336 g/mol. The molecule has 2 nitrogen and oxygen atoms in total. The van der Waals surface area contributed by atoms with Crippen molar-refractivity contribution in [2.75, 3.05) is 0 Å². The third kappa shape index (κ3) is 3.63. The molecule has 0 bridgehead atoms. The Morgan fingerprint density at radius 3 is 1.48 bits per heavy atom. The highest BCUT2D eigenvalue weighted by Gasteiger charge is 2.29. The normalized spacial score (nSPS) is 11.4. The minimum absolute atomic E-state index is 0.284. The summed E-state index contributed by atoms with van der Waals surface area (Å²) in [5, 5.41) is 20.3. The fourth-order valence-corrected chi connectivity index (χ4v) is 3.44. The van der Waals surface area contributed by atoms with Crippen LogP contribution in [0.2, 0.25) is 0 Å². The molecule has 0 saturated carbocycles. The number of phenols is 2. The standard InChI is InChI=1S/C23H28O2/c1-7-9-17-13-21(24)15(3)11-19(17)23(5,6)20-12-16(4)22(25)14-18(20)10-8-2/h7-8,11-14,24-25H,1-2,9-10H2,3-6H3. The van der Waals surface area contributed by atoms with Crippen molar-refractivity contribution >= 4 is 0 Å². The number of aromatic hydroxyl groups is 2. The van der Waals surface area contributed by atoms with Crippen molar-refractivity contribution in [2.45, 2.75) is 46.0 Å². The first kappa shape index (κ1) is 18.9. The molecule has 0 amide bonds. The van der Waals surface area contributed by atoms with Gasteiger partial charge in [-0.3, -0.25) is 0 Å². The first-order valence-electron chi connectivity index (χ1n) is 8.60. The first-order valence-corrected chi connectivity index (χ1v) is 8.60. The van der Waals surface area contributed by atoms with Gasteiger partial charge in [0.2, 0.25) is 0 Å². The SMILES string of the molecule is C=CCc1cc(O)c(C)cc1C(C)(C)c1cc(C)c(O)cc1CC=C. The number of allylic oxidation sites excluding steroid dienone is 2. The number of hydrogen-bond acceptors (Lipinski definition) is 2. The van der Waals surface area contributed by atoms with Gasteiger partial charge in [-0.15, -0.1) is 13.2 Å². The summed E-state index contributed by atoms with van der Waals surface area (Å²) in [5.41, 5.74) is 5.90. The van der Waals surface area contributed by atoms with Crippen LogP contribution in [0.3, 0.4) is 0 Å². The Hall–Kier alpha value is -2.48. The van der Waals surface area contributed by atoms with E-state index in [1.165, 1.54) is 0 Å². The van der Waals surface area contributed by atoms with E-state index in [4.69, 9.17) is 0 Å². The summed E-state index contributed by atoms with van der Waals surface area (Å²) in [6, 6.07) is 7.81. The van der Waals surface area contributed by atoms with Crippen LogP contribution in [-0.2, 0) is 18.3 Å². The van der Waals surface area contributed by atoms with E-state index in [9.17, 15) is 10.2 Å². The lowest BCUT2D eigenvalue weighted by molar-refractivity contribution is 0.468. The summed E-state index contributed by atoms with van der Waals surface area (Å²) in [4.78, 5) is 0. The Kier molecular flexibility index (Phi) is 5.42. The molecule has 2 heteroatoms. The van der Waals surface area contributed by atoms with Gasteiger partial charge in [0, 0.05) is 5.41 Å². The highest BCUT2D eigenvalue weighted by molar-refractivity contribution is 5.53. The lowest BCUT2D eigenvalue weighted by Gasteiger charge is -2.32. The number of benzene rings is 2. The molecule has 2 aromatic rings. The highest BCUT2D eigenvalue weighted by atomic mass is 16.3. The van der Waals surface area contributed by atoms with Crippen molar-refractivity contribution in [1.82, 2.24) is 0 Å². The molecular weight excluding hydrogens is 308 g/mol. The summed E-state index contributed by atoms with van der Waals surface area (Å²) in [7, 11) is 0. The second-order valence-corrected chi connectivity index (χ2v) is 7.20. The third-order valence-electron chi connectivity index (χ3n) is 4.92. The van der Waals surface area contributed by atoms with Crippen LogP contribution in [0.5, 0.6) is 11.5 Å². The van der Waals surface area contributed by atoms with Gasteiger partial charge in [0.1, 0.15) is 11.5 Å². The van der Waals surface area contributed by atoms with E-state index < -0.39 is 0 Å². The Bertz CT molecular complexity index is 746. The van der Waals surface area contributed by atoms with Crippen molar-refractivity contribution in [2.24, 2.45) is 0 Å². The maximum Gasteiger partial charge on any atom is 0.118 e. The van der Waals surface area contributed by atoms with Gasteiger partial charge in [-0.1, -0.05) is 38.1 Å². The van der Waals surface area contributed by atoms with Crippen molar-refractivity contribution in [3.05, 3.63) is 83.0 Å². The van der Waals surface area contributed by atoms with Gasteiger partial charge in [0.15, 0.2) is 0 Å². The smallest absolute Gasteiger partial charge is 0.118 e. The maximum absolute atomic E-state index is 10.1. The molecule has 2 aromatic carbocycles. The first-order chi connectivity index (χ1) is 11.7. The van der Waals surface area contributed by atoms with Gasteiger partial charge in [-0.25, -0.2) is 0 Å². The largest absolute Gasteiger partial charge is 0.508 e. The molecule has 0 aliphatic heterocycles. The molecule has 0 heterocycles. The molecule has 25 heavy (non-hydrogen) atoms. The van der Waals surface area contributed by atoms with Crippen LogP contribution < -0.4 is 0 Å². The van der Waals surface area contributed by atoms with E-state index >= 15 is 0 Å². The molecule has 0 spiro atoms.